The van der Waals surface area contributed by atoms with Crippen LogP contribution in [0.4, 0.5) is 0 Å². The number of rotatable bonds is 4. The summed E-state index contributed by atoms with van der Waals surface area (Å²) in [5.74, 6) is 0.850. The van der Waals surface area contributed by atoms with E-state index in [-0.39, 0.29) is 16.8 Å². The number of ether oxygens (including phenoxy) is 1. The van der Waals surface area contributed by atoms with E-state index in [0.717, 1.165) is 22.6 Å². The first-order valence-electron chi connectivity index (χ1n) is 10.2. The molecule has 3 aromatic carbocycles. The van der Waals surface area contributed by atoms with Crippen LogP contribution in [0.25, 0.3) is 33.0 Å². The Morgan fingerprint density at radius 3 is 2.38 bits per heavy atom. The molecule has 32 heavy (non-hydrogen) atoms. The van der Waals surface area contributed by atoms with Gasteiger partial charge in [-0.15, -0.1) is 0 Å². The molecule has 0 saturated carbocycles. The quantitative estimate of drug-likeness (QED) is 0.363. The number of methoxy groups -OCH3 is 1. The van der Waals surface area contributed by atoms with Crippen molar-refractivity contribution in [3.63, 3.8) is 0 Å². The predicted molar refractivity (Wildman–Crippen MR) is 123 cm³/mol. The number of phenols is 1. The Kier molecular flexibility index (Phi) is 4.75. The number of nitrogens with zero attached hydrogens (tertiary/aromatic N) is 1. The lowest BCUT2D eigenvalue weighted by atomic mass is 10.0. The van der Waals surface area contributed by atoms with Crippen LogP contribution in [-0.2, 0) is 6.54 Å². The van der Waals surface area contributed by atoms with E-state index in [1.165, 1.54) is 6.07 Å². The van der Waals surface area contributed by atoms with E-state index < -0.39 is 0 Å². The molecule has 0 fully saturated rings. The minimum atomic E-state index is -0.0775. The maximum atomic E-state index is 10.1. The second-order valence-corrected chi connectivity index (χ2v) is 7.58. The molecule has 0 aliphatic carbocycles. The molecule has 0 saturated heterocycles. The van der Waals surface area contributed by atoms with E-state index in [2.05, 4.69) is 0 Å². The molecule has 5 rings (SSSR count). The standard InChI is InChI=1S/C26H21N3O3/c1-31-19-10-7-17(8-11-19)22-14-21-20-13-18(30)9-12-23(20)32-26(28)24(21)25(27)29(22)15-16-5-3-2-4-6-16/h2-14,27-28,30H,15H2,1H3. The number of hydrogen-bond acceptors (Lipinski definition) is 5. The van der Waals surface area contributed by atoms with Crippen LogP contribution in [0.1, 0.15) is 5.56 Å². The molecular weight excluding hydrogens is 402 g/mol. The van der Waals surface area contributed by atoms with Crippen molar-refractivity contribution in [2.75, 3.05) is 7.11 Å². The molecule has 3 N–H and O–H groups in total. The van der Waals surface area contributed by atoms with Gasteiger partial charge < -0.3 is 18.8 Å². The minimum absolute atomic E-state index is 0.0775. The van der Waals surface area contributed by atoms with Crippen LogP contribution in [0.3, 0.4) is 0 Å². The van der Waals surface area contributed by atoms with E-state index in [1.807, 2.05) is 65.2 Å². The fourth-order valence-electron chi connectivity index (χ4n) is 4.02. The van der Waals surface area contributed by atoms with Gasteiger partial charge in [0, 0.05) is 17.3 Å². The molecule has 6 nitrogen and oxygen atoms in total. The molecule has 0 bridgehead atoms. The maximum Gasteiger partial charge on any atom is 0.223 e. The maximum absolute atomic E-state index is 10.1. The normalized spacial score (nSPS) is 11.2. The van der Waals surface area contributed by atoms with E-state index >= 15 is 0 Å². The fourth-order valence-corrected chi connectivity index (χ4v) is 4.02. The Morgan fingerprint density at radius 1 is 0.906 bits per heavy atom. The van der Waals surface area contributed by atoms with E-state index in [9.17, 15) is 5.11 Å². The summed E-state index contributed by atoms with van der Waals surface area (Å²) in [5.41, 5.74) is 3.37. The highest BCUT2D eigenvalue weighted by Gasteiger charge is 2.15. The number of fused-ring (bicyclic) bond motifs is 3. The van der Waals surface area contributed by atoms with Crippen LogP contribution in [0, 0.1) is 10.8 Å². The lowest BCUT2D eigenvalue weighted by Crippen LogP contribution is -2.26. The second kappa shape index (κ2) is 7.74. The SMILES string of the molecule is COc1ccc(-c2cc3c(c(=N)oc4ccc(O)cc43)c(=N)n2Cc2ccccc2)cc1. The number of hydrogen-bond donors (Lipinski definition) is 3. The summed E-state index contributed by atoms with van der Waals surface area (Å²) in [4.78, 5) is 0. The molecule has 2 heterocycles. The van der Waals surface area contributed by atoms with Gasteiger partial charge in [0.2, 0.25) is 5.55 Å². The van der Waals surface area contributed by atoms with Crippen molar-refractivity contribution >= 4 is 21.7 Å². The summed E-state index contributed by atoms with van der Waals surface area (Å²) >= 11 is 0. The molecule has 0 unspecified atom stereocenters. The smallest absolute Gasteiger partial charge is 0.223 e. The molecule has 2 aromatic heterocycles. The molecular formula is C26H21N3O3. The molecule has 0 aliphatic heterocycles. The first-order valence-corrected chi connectivity index (χ1v) is 10.2. The lowest BCUT2D eigenvalue weighted by Gasteiger charge is -2.17. The molecule has 0 atom stereocenters. The highest BCUT2D eigenvalue weighted by molar-refractivity contribution is 6.05. The third-order valence-electron chi connectivity index (χ3n) is 5.61. The van der Waals surface area contributed by atoms with Crippen molar-refractivity contribution < 1.29 is 14.3 Å². The number of pyridine rings is 1. The zero-order valence-electron chi connectivity index (χ0n) is 17.4. The van der Waals surface area contributed by atoms with Gasteiger partial charge in [0.25, 0.3) is 0 Å². The van der Waals surface area contributed by atoms with Crippen LogP contribution < -0.4 is 15.8 Å². The Labute approximate surface area is 183 Å². The second-order valence-electron chi connectivity index (χ2n) is 7.58. The van der Waals surface area contributed by atoms with Crippen molar-refractivity contribution in [3.8, 4) is 22.8 Å². The number of aromatic hydroxyl groups is 1. The zero-order valence-corrected chi connectivity index (χ0v) is 17.4. The van der Waals surface area contributed by atoms with E-state index in [0.29, 0.717) is 28.3 Å². The van der Waals surface area contributed by atoms with Crippen LogP contribution in [0.15, 0.2) is 83.3 Å². The Hall–Kier alpha value is -4.32. The van der Waals surface area contributed by atoms with Gasteiger partial charge in [-0.2, -0.15) is 0 Å². The van der Waals surface area contributed by atoms with Gasteiger partial charge in [0.05, 0.1) is 18.2 Å². The first-order chi connectivity index (χ1) is 15.5. The summed E-state index contributed by atoms with van der Waals surface area (Å²) in [6, 6.07) is 24.3. The lowest BCUT2D eigenvalue weighted by molar-refractivity contribution is 0.415. The van der Waals surface area contributed by atoms with Gasteiger partial charge in [-0.05, 0) is 59.7 Å². The van der Waals surface area contributed by atoms with Crippen molar-refractivity contribution in [2.45, 2.75) is 6.54 Å². The first kappa shape index (κ1) is 19.6. The van der Waals surface area contributed by atoms with Gasteiger partial charge in [-0.1, -0.05) is 30.3 Å². The van der Waals surface area contributed by atoms with Gasteiger partial charge in [0.1, 0.15) is 22.6 Å². The topological polar surface area (TPSA) is 95.2 Å². The zero-order chi connectivity index (χ0) is 22.2. The largest absolute Gasteiger partial charge is 0.508 e. The number of benzene rings is 3. The molecule has 6 heteroatoms. The van der Waals surface area contributed by atoms with Gasteiger partial charge in [0.15, 0.2) is 0 Å². The summed E-state index contributed by atoms with van der Waals surface area (Å²) in [6.07, 6.45) is 0. The fraction of sp³-hybridized carbons (Fsp3) is 0.0769. The van der Waals surface area contributed by atoms with Crippen molar-refractivity contribution in [3.05, 3.63) is 95.5 Å². The predicted octanol–water partition coefficient (Wildman–Crippen LogP) is 4.78. The van der Waals surface area contributed by atoms with E-state index in [1.54, 1.807) is 19.2 Å². The Bertz CT molecular complexity index is 1570. The Morgan fingerprint density at radius 2 is 1.66 bits per heavy atom. The summed E-state index contributed by atoms with van der Waals surface area (Å²) in [5, 5.41) is 29.3. The third-order valence-corrected chi connectivity index (χ3v) is 5.61. The highest BCUT2D eigenvalue weighted by Crippen LogP contribution is 2.29. The molecule has 0 aliphatic rings. The van der Waals surface area contributed by atoms with Gasteiger partial charge in [-0.3, -0.25) is 10.8 Å². The molecule has 158 valence electrons. The minimum Gasteiger partial charge on any atom is -0.508 e. The third kappa shape index (κ3) is 3.32. The van der Waals surface area contributed by atoms with E-state index in [4.69, 9.17) is 20.0 Å². The number of phenolic OH excluding ortho intramolecular Hbond substituents is 1. The summed E-state index contributed by atoms with van der Waals surface area (Å²) in [6.45, 7) is 0.467. The van der Waals surface area contributed by atoms with Gasteiger partial charge >= 0.3 is 0 Å². The van der Waals surface area contributed by atoms with Gasteiger partial charge in [-0.25, -0.2) is 0 Å². The molecule has 0 radical (unpaired) electrons. The number of nitrogens with one attached hydrogen (secondary N) is 2. The Balaban J connectivity index is 1.88. The summed E-state index contributed by atoms with van der Waals surface area (Å²) < 4.78 is 12.9. The van der Waals surface area contributed by atoms with Crippen molar-refractivity contribution in [2.24, 2.45) is 0 Å². The average molecular weight is 423 g/mol. The average Bonchev–Trinajstić information content (AvgIpc) is 2.81. The van der Waals surface area contributed by atoms with Crippen LogP contribution in [-0.4, -0.2) is 16.8 Å². The number of aromatic nitrogens is 1. The van der Waals surface area contributed by atoms with Crippen LogP contribution >= 0.6 is 0 Å². The highest BCUT2D eigenvalue weighted by atomic mass is 16.5. The molecule has 0 amide bonds. The summed E-state index contributed by atoms with van der Waals surface area (Å²) in [7, 11) is 1.63. The van der Waals surface area contributed by atoms with Crippen molar-refractivity contribution in [1.82, 2.24) is 4.57 Å². The van der Waals surface area contributed by atoms with Crippen molar-refractivity contribution in [1.29, 1.82) is 10.8 Å². The molecule has 0 spiro atoms. The monoisotopic (exact) mass is 423 g/mol. The van der Waals surface area contributed by atoms with Crippen LogP contribution in [0.2, 0.25) is 0 Å². The molecule has 5 aromatic rings. The van der Waals surface area contributed by atoms with Crippen LogP contribution in [0.5, 0.6) is 11.5 Å².